The van der Waals surface area contributed by atoms with Crippen molar-refractivity contribution in [3.05, 3.63) is 65.2 Å². The minimum atomic E-state index is 0.719. The van der Waals surface area contributed by atoms with Crippen LogP contribution in [0.4, 0.5) is 5.69 Å². The van der Waals surface area contributed by atoms with E-state index in [9.17, 15) is 0 Å². The van der Waals surface area contributed by atoms with E-state index in [4.69, 9.17) is 5.73 Å². The molecule has 0 fully saturated rings. The highest BCUT2D eigenvalue weighted by Crippen LogP contribution is 2.21. The molecule has 2 heterocycles. The predicted molar refractivity (Wildman–Crippen MR) is 83.1 cm³/mol. The van der Waals surface area contributed by atoms with Gasteiger partial charge in [-0.2, -0.15) is 0 Å². The van der Waals surface area contributed by atoms with Gasteiger partial charge in [-0.1, -0.05) is 12.1 Å². The van der Waals surface area contributed by atoms with Gasteiger partial charge in [0, 0.05) is 40.5 Å². The van der Waals surface area contributed by atoms with Crippen LogP contribution in [0.3, 0.4) is 0 Å². The number of nitrogens with two attached hydrogens (primary N) is 1. The number of aromatic nitrogens is 3. The van der Waals surface area contributed by atoms with Crippen LogP contribution in [0.5, 0.6) is 0 Å². The lowest BCUT2D eigenvalue weighted by atomic mass is 10.2. The summed E-state index contributed by atoms with van der Waals surface area (Å²) in [6.45, 7) is 0.719. The molecule has 0 saturated carbocycles. The van der Waals surface area contributed by atoms with Crippen LogP contribution in [-0.2, 0) is 6.54 Å². The number of benzene rings is 1. The molecule has 0 saturated heterocycles. The summed E-state index contributed by atoms with van der Waals surface area (Å²) in [6.07, 6.45) is 7.38. The molecule has 0 spiro atoms. The molecule has 4 nitrogen and oxygen atoms in total. The van der Waals surface area contributed by atoms with Gasteiger partial charge in [-0.15, -0.1) is 0 Å². The Balaban J connectivity index is 1.94. The number of rotatable bonds is 3. The Labute approximate surface area is 125 Å². The van der Waals surface area contributed by atoms with Crippen LogP contribution in [0.25, 0.3) is 11.4 Å². The highest BCUT2D eigenvalue weighted by molar-refractivity contribution is 9.10. The molecule has 0 bridgehead atoms. The zero-order valence-corrected chi connectivity index (χ0v) is 12.3. The molecule has 100 valence electrons. The molecule has 1 aromatic carbocycles. The van der Waals surface area contributed by atoms with E-state index in [1.807, 2.05) is 36.7 Å². The van der Waals surface area contributed by atoms with E-state index in [-0.39, 0.29) is 0 Å². The number of imidazole rings is 1. The maximum absolute atomic E-state index is 5.83. The van der Waals surface area contributed by atoms with Crippen LogP contribution >= 0.6 is 15.9 Å². The molecule has 0 aliphatic heterocycles. The van der Waals surface area contributed by atoms with Gasteiger partial charge >= 0.3 is 0 Å². The fourth-order valence-corrected chi connectivity index (χ4v) is 2.53. The van der Waals surface area contributed by atoms with E-state index in [1.165, 1.54) is 0 Å². The van der Waals surface area contributed by atoms with E-state index in [1.54, 1.807) is 12.4 Å². The fraction of sp³-hybridized carbons (Fsp3) is 0.0667. The molecule has 2 aromatic heterocycles. The van der Waals surface area contributed by atoms with Gasteiger partial charge in [0.05, 0.1) is 6.54 Å². The summed E-state index contributed by atoms with van der Waals surface area (Å²) in [5.41, 5.74) is 8.70. The Bertz CT molecular complexity index is 736. The minimum Gasteiger partial charge on any atom is -0.399 e. The summed E-state index contributed by atoms with van der Waals surface area (Å²) >= 11 is 3.44. The van der Waals surface area contributed by atoms with Crippen LogP contribution in [0.1, 0.15) is 5.56 Å². The number of anilines is 1. The Morgan fingerprint density at radius 3 is 2.90 bits per heavy atom. The second kappa shape index (κ2) is 5.46. The summed E-state index contributed by atoms with van der Waals surface area (Å²) in [5.74, 6) is 0.900. The molecule has 0 atom stereocenters. The summed E-state index contributed by atoms with van der Waals surface area (Å²) in [5, 5.41) is 0. The van der Waals surface area contributed by atoms with Crippen LogP contribution in [0, 0.1) is 0 Å². The second-order valence-corrected chi connectivity index (χ2v) is 5.43. The molecule has 0 amide bonds. The van der Waals surface area contributed by atoms with Crippen LogP contribution in [0.2, 0.25) is 0 Å². The van der Waals surface area contributed by atoms with Crippen LogP contribution < -0.4 is 5.73 Å². The average molecular weight is 329 g/mol. The number of hydrogen-bond donors (Lipinski definition) is 1. The molecular formula is C15H13BrN4. The first-order valence-corrected chi connectivity index (χ1v) is 6.98. The van der Waals surface area contributed by atoms with Crippen molar-refractivity contribution in [2.24, 2.45) is 0 Å². The Hall–Kier alpha value is -2.14. The van der Waals surface area contributed by atoms with E-state index in [0.717, 1.165) is 33.7 Å². The summed E-state index contributed by atoms with van der Waals surface area (Å²) in [7, 11) is 0. The van der Waals surface area contributed by atoms with Crippen molar-refractivity contribution in [1.82, 2.24) is 14.5 Å². The molecular weight excluding hydrogens is 316 g/mol. The molecule has 0 unspecified atom stereocenters. The molecule has 20 heavy (non-hydrogen) atoms. The highest BCUT2D eigenvalue weighted by atomic mass is 79.9. The van der Waals surface area contributed by atoms with Crippen molar-refractivity contribution in [3.63, 3.8) is 0 Å². The topological polar surface area (TPSA) is 56.7 Å². The van der Waals surface area contributed by atoms with Gasteiger partial charge in [-0.05, 0) is 39.7 Å². The van der Waals surface area contributed by atoms with E-state index >= 15 is 0 Å². The maximum atomic E-state index is 5.83. The second-order valence-electron chi connectivity index (χ2n) is 4.52. The standard InChI is InChI=1S/C15H13BrN4/c16-13-6-11(8-18-9-13)10-20-5-4-19-15(20)12-2-1-3-14(17)7-12/h1-9H,10,17H2. The smallest absolute Gasteiger partial charge is 0.140 e. The van der Waals surface area contributed by atoms with Gasteiger partial charge in [0.15, 0.2) is 0 Å². The summed E-state index contributed by atoms with van der Waals surface area (Å²) in [4.78, 5) is 8.60. The van der Waals surface area contributed by atoms with Gasteiger partial charge in [0.25, 0.3) is 0 Å². The number of halogens is 1. The first kappa shape index (κ1) is 12.9. The summed E-state index contributed by atoms with van der Waals surface area (Å²) in [6, 6.07) is 9.79. The first-order valence-electron chi connectivity index (χ1n) is 6.19. The molecule has 2 N–H and O–H groups in total. The molecule has 5 heteroatoms. The Morgan fingerprint density at radius 1 is 1.20 bits per heavy atom. The molecule has 3 rings (SSSR count). The third kappa shape index (κ3) is 2.72. The number of hydrogen-bond acceptors (Lipinski definition) is 3. The molecule has 0 radical (unpaired) electrons. The fourth-order valence-electron chi connectivity index (χ4n) is 2.11. The SMILES string of the molecule is Nc1cccc(-c2nccn2Cc2cncc(Br)c2)c1. The monoisotopic (exact) mass is 328 g/mol. The van der Waals surface area contributed by atoms with Crippen molar-refractivity contribution in [2.45, 2.75) is 6.54 Å². The third-order valence-electron chi connectivity index (χ3n) is 2.97. The largest absolute Gasteiger partial charge is 0.399 e. The van der Waals surface area contributed by atoms with Gasteiger partial charge in [0.2, 0.25) is 0 Å². The van der Waals surface area contributed by atoms with Crippen molar-refractivity contribution in [1.29, 1.82) is 0 Å². The number of nitrogens with zero attached hydrogens (tertiary/aromatic N) is 3. The first-order chi connectivity index (χ1) is 9.72. The minimum absolute atomic E-state index is 0.719. The average Bonchev–Trinajstić information content (AvgIpc) is 2.87. The van der Waals surface area contributed by atoms with Gasteiger partial charge in [0.1, 0.15) is 5.82 Å². The lowest BCUT2D eigenvalue weighted by molar-refractivity contribution is 0.802. The third-order valence-corrected chi connectivity index (χ3v) is 3.41. The zero-order chi connectivity index (χ0) is 13.9. The highest BCUT2D eigenvalue weighted by Gasteiger charge is 2.07. The van der Waals surface area contributed by atoms with E-state index < -0.39 is 0 Å². The predicted octanol–water partition coefficient (Wildman–Crippen LogP) is 3.34. The Kier molecular flexibility index (Phi) is 3.52. The van der Waals surface area contributed by atoms with Crippen molar-refractivity contribution in [2.75, 3.05) is 5.73 Å². The van der Waals surface area contributed by atoms with E-state index in [0.29, 0.717) is 0 Å². The maximum Gasteiger partial charge on any atom is 0.140 e. The van der Waals surface area contributed by atoms with Gasteiger partial charge in [-0.3, -0.25) is 4.98 Å². The normalized spacial score (nSPS) is 10.7. The Morgan fingerprint density at radius 2 is 2.10 bits per heavy atom. The van der Waals surface area contributed by atoms with Crippen LogP contribution in [-0.4, -0.2) is 14.5 Å². The van der Waals surface area contributed by atoms with Crippen molar-refractivity contribution in [3.8, 4) is 11.4 Å². The van der Waals surface area contributed by atoms with Gasteiger partial charge < -0.3 is 10.3 Å². The molecule has 0 aliphatic rings. The van der Waals surface area contributed by atoms with E-state index in [2.05, 4.69) is 36.5 Å². The lowest BCUT2D eigenvalue weighted by Crippen LogP contribution is -2.01. The quantitative estimate of drug-likeness (QED) is 0.750. The molecule has 0 aliphatic carbocycles. The number of pyridine rings is 1. The number of nitrogen functional groups attached to an aromatic ring is 1. The lowest BCUT2D eigenvalue weighted by Gasteiger charge is -2.08. The van der Waals surface area contributed by atoms with Crippen molar-refractivity contribution >= 4 is 21.6 Å². The van der Waals surface area contributed by atoms with Crippen molar-refractivity contribution < 1.29 is 0 Å². The van der Waals surface area contributed by atoms with Gasteiger partial charge in [-0.25, -0.2) is 4.98 Å². The zero-order valence-electron chi connectivity index (χ0n) is 10.7. The summed E-state index contributed by atoms with van der Waals surface area (Å²) < 4.78 is 3.05. The molecule has 3 aromatic rings. The van der Waals surface area contributed by atoms with Crippen LogP contribution in [0.15, 0.2) is 59.6 Å².